The van der Waals surface area contributed by atoms with E-state index in [1.54, 1.807) is 11.8 Å². The van der Waals surface area contributed by atoms with Crippen molar-refractivity contribution in [1.82, 2.24) is 0 Å². The molecule has 0 spiro atoms. The third-order valence-corrected chi connectivity index (χ3v) is 4.00. The molecule has 2 rings (SSSR count). The van der Waals surface area contributed by atoms with Crippen LogP contribution in [0.4, 0.5) is 0 Å². The first kappa shape index (κ1) is 15.1. The topological polar surface area (TPSA) is 29.5 Å². The van der Waals surface area contributed by atoms with Crippen LogP contribution in [0, 0.1) is 0 Å². The Hall–Kier alpha value is -1.29. The summed E-state index contributed by atoms with van der Waals surface area (Å²) in [7, 11) is 0. The number of hydrogen-bond donors (Lipinski definition) is 1. The summed E-state index contributed by atoms with van der Waals surface area (Å²) in [5.41, 5.74) is 2.42. The number of rotatable bonds is 8. The summed E-state index contributed by atoms with van der Waals surface area (Å²) >= 11 is 1.73. The third-order valence-electron chi connectivity index (χ3n) is 2.84. The standard InChI is InChI=1S/C17H20O2S/c18-17(12-19-11-15-7-3-1-4-8-15)14-20-13-16-9-5-2-6-10-16/h1-10,17-18H,11-14H2/t17-/m1/s1. The van der Waals surface area contributed by atoms with Crippen LogP contribution in [0.5, 0.6) is 0 Å². The van der Waals surface area contributed by atoms with E-state index < -0.39 is 6.10 Å². The first-order chi connectivity index (χ1) is 9.84. The minimum absolute atomic E-state index is 0.386. The number of hydrogen-bond acceptors (Lipinski definition) is 3. The Kier molecular flexibility index (Phi) is 6.64. The predicted molar refractivity (Wildman–Crippen MR) is 84.7 cm³/mol. The molecule has 3 heteroatoms. The van der Waals surface area contributed by atoms with Crippen molar-refractivity contribution in [2.24, 2.45) is 0 Å². The van der Waals surface area contributed by atoms with E-state index in [0.717, 1.165) is 11.3 Å². The SMILES string of the molecule is O[C@H](COCc1ccccc1)CSCc1ccccc1. The highest BCUT2D eigenvalue weighted by atomic mass is 32.2. The van der Waals surface area contributed by atoms with Gasteiger partial charge in [-0.1, -0.05) is 60.7 Å². The molecular formula is C17H20O2S. The van der Waals surface area contributed by atoms with Crippen molar-refractivity contribution >= 4 is 11.8 Å². The van der Waals surface area contributed by atoms with Gasteiger partial charge in [0.25, 0.3) is 0 Å². The molecule has 1 N–H and O–H groups in total. The van der Waals surface area contributed by atoms with Crippen LogP contribution in [0.3, 0.4) is 0 Å². The monoisotopic (exact) mass is 288 g/mol. The van der Waals surface area contributed by atoms with Crippen LogP contribution in [0.15, 0.2) is 60.7 Å². The summed E-state index contributed by atoms with van der Waals surface area (Å²) < 4.78 is 5.52. The van der Waals surface area contributed by atoms with E-state index in [4.69, 9.17) is 4.74 Å². The van der Waals surface area contributed by atoms with Gasteiger partial charge in [-0.05, 0) is 11.1 Å². The Morgan fingerprint density at radius 1 is 0.900 bits per heavy atom. The van der Waals surface area contributed by atoms with Crippen molar-refractivity contribution in [3.63, 3.8) is 0 Å². The van der Waals surface area contributed by atoms with Crippen LogP contribution in [-0.2, 0) is 17.1 Å². The summed E-state index contributed by atoms with van der Waals surface area (Å²) in [5.74, 6) is 1.63. The quantitative estimate of drug-likeness (QED) is 0.806. The summed E-state index contributed by atoms with van der Waals surface area (Å²) in [6, 6.07) is 20.3. The van der Waals surface area contributed by atoms with E-state index in [2.05, 4.69) is 12.1 Å². The predicted octanol–water partition coefficient (Wildman–Crippen LogP) is 3.50. The van der Waals surface area contributed by atoms with Crippen molar-refractivity contribution < 1.29 is 9.84 Å². The van der Waals surface area contributed by atoms with Gasteiger partial charge in [-0.2, -0.15) is 11.8 Å². The Bertz CT molecular complexity index is 427. The highest BCUT2D eigenvalue weighted by Crippen LogP contribution is 2.13. The van der Waals surface area contributed by atoms with Gasteiger partial charge >= 0.3 is 0 Å². The molecule has 0 aliphatic rings. The lowest BCUT2D eigenvalue weighted by molar-refractivity contribution is 0.0398. The number of aliphatic hydroxyl groups is 1. The number of benzene rings is 2. The lowest BCUT2D eigenvalue weighted by Gasteiger charge is -2.11. The van der Waals surface area contributed by atoms with Crippen molar-refractivity contribution in [3.8, 4) is 0 Å². The Balaban J connectivity index is 1.58. The zero-order chi connectivity index (χ0) is 14.0. The van der Waals surface area contributed by atoms with E-state index >= 15 is 0 Å². The minimum atomic E-state index is -0.410. The Labute approximate surface area is 124 Å². The normalized spacial score (nSPS) is 12.2. The second-order valence-electron chi connectivity index (χ2n) is 4.66. The van der Waals surface area contributed by atoms with E-state index in [1.807, 2.05) is 48.5 Å². The number of ether oxygens (including phenoxy) is 1. The highest BCUT2D eigenvalue weighted by Gasteiger charge is 2.05. The molecule has 0 aliphatic carbocycles. The fourth-order valence-corrected chi connectivity index (χ4v) is 2.74. The molecule has 2 aromatic carbocycles. The van der Waals surface area contributed by atoms with Crippen LogP contribution in [0.2, 0.25) is 0 Å². The second kappa shape index (κ2) is 8.80. The maximum Gasteiger partial charge on any atom is 0.0864 e. The summed E-state index contributed by atoms with van der Waals surface area (Å²) in [5, 5.41) is 9.86. The molecule has 0 saturated carbocycles. The first-order valence-corrected chi connectivity index (χ1v) is 7.91. The van der Waals surface area contributed by atoms with Crippen molar-refractivity contribution in [2.75, 3.05) is 12.4 Å². The van der Waals surface area contributed by atoms with E-state index in [9.17, 15) is 5.11 Å². The molecule has 0 heterocycles. The lowest BCUT2D eigenvalue weighted by Crippen LogP contribution is -2.18. The lowest BCUT2D eigenvalue weighted by atomic mass is 10.2. The van der Waals surface area contributed by atoms with Gasteiger partial charge in [0.05, 0.1) is 19.3 Å². The average Bonchev–Trinajstić information content (AvgIpc) is 2.49. The minimum Gasteiger partial charge on any atom is -0.390 e. The number of thioether (sulfide) groups is 1. The fourth-order valence-electron chi connectivity index (χ4n) is 1.82. The zero-order valence-corrected chi connectivity index (χ0v) is 12.3. The molecule has 106 valence electrons. The van der Waals surface area contributed by atoms with E-state index in [-0.39, 0.29) is 0 Å². The number of aliphatic hydroxyl groups excluding tert-OH is 1. The maximum absolute atomic E-state index is 9.86. The molecular weight excluding hydrogens is 268 g/mol. The molecule has 2 nitrogen and oxygen atoms in total. The van der Waals surface area contributed by atoms with Gasteiger partial charge in [-0.25, -0.2) is 0 Å². The summed E-state index contributed by atoms with van der Waals surface area (Å²) in [6.07, 6.45) is -0.410. The molecule has 20 heavy (non-hydrogen) atoms. The third kappa shape index (κ3) is 5.78. The average molecular weight is 288 g/mol. The molecule has 0 amide bonds. The molecule has 0 saturated heterocycles. The van der Waals surface area contributed by atoms with Crippen molar-refractivity contribution in [3.05, 3.63) is 71.8 Å². The largest absolute Gasteiger partial charge is 0.390 e. The van der Waals surface area contributed by atoms with Crippen molar-refractivity contribution in [2.45, 2.75) is 18.5 Å². The van der Waals surface area contributed by atoms with E-state index in [0.29, 0.717) is 19.0 Å². The molecule has 0 fully saturated rings. The smallest absolute Gasteiger partial charge is 0.0864 e. The Morgan fingerprint density at radius 2 is 1.50 bits per heavy atom. The molecule has 0 radical (unpaired) electrons. The molecule has 0 aromatic heterocycles. The van der Waals surface area contributed by atoms with Gasteiger partial charge in [-0.3, -0.25) is 0 Å². The summed E-state index contributed by atoms with van der Waals surface area (Å²) in [4.78, 5) is 0. The summed E-state index contributed by atoms with van der Waals surface area (Å²) in [6.45, 7) is 0.942. The maximum atomic E-state index is 9.86. The molecule has 0 aliphatic heterocycles. The molecule has 0 bridgehead atoms. The van der Waals surface area contributed by atoms with Crippen LogP contribution in [-0.4, -0.2) is 23.6 Å². The second-order valence-corrected chi connectivity index (χ2v) is 5.69. The fraction of sp³-hybridized carbons (Fsp3) is 0.294. The van der Waals surface area contributed by atoms with Gasteiger partial charge in [0, 0.05) is 11.5 Å². The van der Waals surface area contributed by atoms with Crippen molar-refractivity contribution in [1.29, 1.82) is 0 Å². The molecule has 0 unspecified atom stereocenters. The zero-order valence-electron chi connectivity index (χ0n) is 11.4. The van der Waals surface area contributed by atoms with Gasteiger partial charge in [0.2, 0.25) is 0 Å². The first-order valence-electron chi connectivity index (χ1n) is 6.76. The van der Waals surface area contributed by atoms with Crippen LogP contribution in [0.1, 0.15) is 11.1 Å². The Morgan fingerprint density at radius 3 is 2.15 bits per heavy atom. The molecule has 2 aromatic rings. The van der Waals surface area contributed by atoms with E-state index in [1.165, 1.54) is 5.56 Å². The van der Waals surface area contributed by atoms with Gasteiger partial charge in [-0.15, -0.1) is 0 Å². The van der Waals surface area contributed by atoms with Crippen LogP contribution >= 0.6 is 11.8 Å². The van der Waals surface area contributed by atoms with Gasteiger partial charge in [0.1, 0.15) is 0 Å². The van der Waals surface area contributed by atoms with Crippen LogP contribution in [0.25, 0.3) is 0 Å². The highest BCUT2D eigenvalue weighted by molar-refractivity contribution is 7.98. The van der Waals surface area contributed by atoms with Crippen LogP contribution < -0.4 is 0 Å². The molecule has 1 atom stereocenters. The van der Waals surface area contributed by atoms with Gasteiger partial charge in [0.15, 0.2) is 0 Å². The van der Waals surface area contributed by atoms with Gasteiger partial charge < -0.3 is 9.84 Å².